The van der Waals surface area contributed by atoms with Crippen molar-refractivity contribution in [3.63, 3.8) is 0 Å². The number of ether oxygens (including phenoxy) is 1. The highest BCUT2D eigenvalue weighted by Gasteiger charge is 2.26. The Hall–Kier alpha value is -2.56. The Morgan fingerprint density at radius 3 is 2.56 bits per heavy atom. The van der Waals surface area contributed by atoms with E-state index in [1.807, 2.05) is 13.0 Å². The lowest BCUT2D eigenvalue weighted by molar-refractivity contribution is 0.0595. The first kappa shape index (κ1) is 24.6. The van der Waals surface area contributed by atoms with E-state index in [4.69, 9.17) is 4.74 Å². The zero-order chi connectivity index (χ0) is 24.3. The lowest BCUT2D eigenvalue weighted by atomic mass is 10.1. The summed E-state index contributed by atoms with van der Waals surface area (Å²) in [6.45, 7) is 3.51. The van der Waals surface area contributed by atoms with Crippen molar-refractivity contribution in [2.24, 2.45) is 0 Å². The minimum absolute atomic E-state index is 0.0983. The van der Waals surface area contributed by atoms with Gasteiger partial charge >= 0.3 is 0 Å². The number of hydrogen-bond acceptors (Lipinski definition) is 6. The molecule has 182 valence electrons. The van der Waals surface area contributed by atoms with E-state index in [9.17, 15) is 17.6 Å². The van der Waals surface area contributed by atoms with Crippen LogP contribution in [0, 0.1) is 5.82 Å². The van der Waals surface area contributed by atoms with Gasteiger partial charge in [0.25, 0.3) is 11.1 Å². The fraction of sp³-hybridized carbons (Fsp3) is 0.417. The number of para-hydroxylation sites is 1. The number of piperidine rings is 1. The number of amides is 1. The van der Waals surface area contributed by atoms with Crippen LogP contribution in [0.2, 0.25) is 0 Å². The standard InChI is InChI=1S/C24H28FN3O4S2/c1-3-4-14-27(2)34(30,31)19-10-8-17(9-11-19)23(29)28-15-12-18(13-16-28)32-24-26-22-20(25)6-5-7-21(22)33-24/h5-11,18H,3-4,12-16H2,1-2H3. The molecule has 1 amide bonds. The third-order valence-corrected chi connectivity index (χ3v) is 8.77. The number of carbonyl (C=O) groups is 1. The van der Waals surface area contributed by atoms with Gasteiger partial charge in [-0.15, -0.1) is 0 Å². The Morgan fingerprint density at radius 2 is 1.91 bits per heavy atom. The molecule has 7 nitrogen and oxygen atoms in total. The molecular formula is C24H28FN3O4S2. The second kappa shape index (κ2) is 10.4. The zero-order valence-electron chi connectivity index (χ0n) is 19.2. The van der Waals surface area contributed by atoms with Crippen LogP contribution >= 0.6 is 11.3 Å². The van der Waals surface area contributed by atoms with Gasteiger partial charge in [-0.25, -0.2) is 17.1 Å². The summed E-state index contributed by atoms with van der Waals surface area (Å²) in [5.74, 6) is -0.501. The topological polar surface area (TPSA) is 79.8 Å². The van der Waals surface area contributed by atoms with E-state index in [2.05, 4.69) is 4.98 Å². The number of hydrogen-bond donors (Lipinski definition) is 0. The molecule has 1 fully saturated rings. The molecule has 0 aliphatic carbocycles. The van der Waals surface area contributed by atoms with Crippen LogP contribution in [0.4, 0.5) is 4.39 Å². The van der Waals surface area contributed by atoms with Crippen molar-refractivity contribution in [2.75, 3.05) is 26.7 Å². The van der Waals surface area contributed by atoms with Crippen LogP contribution in [-0.2, 0) is 10.0 Å². The number of nitrogens with zero attached hydrogens (tertiary/aromatic N) is 3. The fourth-order valence-corrected chi connectivity index (χ4v) is 6.00. The van der Waals surface area contributed by atoms with Crippen molar-refractivity contribution >= 4 is 37.5 Å². The molecule has 0 unspecified atom stereocenters. The van der Waals surface area contributed by atoms with E-state index in [1.165, 1.54) is 33.8 Å². The van der Waals surface area contributed by atoms with Crippen LogP contribution in [-0.4, -0.2) is 61.3 Å². The first-order chi connectivity index (χ1) is 16.3. The summed E-state index contributed by atoms with van der Waals surface area (Å²) in [6.07, 6.45) is 2.88. The molecule has 2 heterocycles. The molecule has 0 spiro atoms. The van der Waals surface area contributed by atoms with E-state index in [1.54, 1.807) is 30.1 Å². The van der Waals surface area contributed by atoms with E-state index >= 15 is 0 Å². The molecule has 0 atom stereocenters. The predicted octanol–water partition coefficient (Wildman–Crippen LogP) is 4.54. The quantitative estimate of drug-likeness (QED) is 0.449. The summed E-state index contributed by atoms with van der Waals surface area (Å²) < 4.78 is 47.3. The van der Waals surface area contributed by atoms with Crippen molar-refractivity contribution < 1.29 is 22.3 Å². The summed E-state index contributed by atoms with van der Waals surface area (Å²) in [4.78, 5) is 19.1. The van der Waals surface area contributed by atoms with Crippen LogP contribution < -0.4 is 4.74 Å². The van der Waals surface area contributed by atoms with Crippen molar-refractivity contribution in [3.05, 3.63) is 53.8 Å². The first-order valence-electron chi connectivity index (χ1n) is 11.4. The average molecular weight is 506 g/mol. The Balaban J connectivity index is 1.34. The summed E-state index contributed by atoms with van der Waals surface area (Å²) in [6, 6.07) is 11.0. The summed E-state index contributed by atoms with van der Waals surface area (Å²) >= 11 is 1.31. The van der Waals surface area contributed by atoms with Crippen LogP contribution in [0.1, 0.15) is 43.0 Å². The third kappa shape index (κ3) is 5.24. The maximum absolute atomic E-state index is 13.9. The lowest BCUT2D eigenvalue weighted by Crippen LogP contribution is -2.41. The zero-order valence-corrected chi connectivity index (χ0v) is 20.9. The third-order valence-electron chi connectivity index (χ3n) is 5.98. The molecule has 3 aromatic rings. The summed E-state index contributed by atoms with van der Waals surface area (Å²) in [7, 11) is -1.99. The van der Waals surface area contributed by atoms with E-state index < -0.39 is 10.0 Å². The fourth-order valence-electron chi connectivity index (χ4n) is 3.90. The number of benzene rings is 2. The Labute approximate surface area is 203 Å². The van der Waals surface area contributed by atoms with E-state index in [0.717, 1.165) is 17.5 Å². The first-order valence-corrected chi connectivity index (χ1v) is 13.6. The maximum Gasteiger partial charge on any atom is 0.274 e. The van der Waals surface area contributed by atoms with Crippen molar-refractivity contribution in [3.8, 4) is 5.19 Å². The monoisotopic (exact) mass is 505 g/mol. The number of fused-ring (bicyclic) bond motifs is 1. The van der Waals surface area contributed by atoms with Gasteiger partial charge in [0, 0.05) is 45.1 Å². The molecule has 0 radical (unpaired) electrons. The molecule has 0 bridgehead atoms. The van der Waals surface area contributed by atoms with Crippen LogP contribution in [0.3, 0.4) is 0 Å². The number of rotatable bonds is 8. The molecule has 1 aliphatic heterocycles. The number of unbranched alkanes of at least 4 members (excludes halogenated alkanes) is 1. The number of carbonyl (C=O) groups excluding carboxylic acids is 1. The number of sulfonamides is 1. The lowest BCUT2D eigenvalue weighted by Gasteiger charge is -2.31. The minimum Gasteiger partial charge on any atom is -0.467 e. The normalized spacial score (nSPS) is 15.2. The van der Waals surface area contributed by atoms with Gasteiger partial charge in [0.1, 0.15) is 17.4 Å². The maximum atomic E-state index is 13.9. The Kier molecular flexibility index (Phi) is 7.49. The molecule has 0 saturated carbocycles. The van der Waals surface area contributed by atoms with Crippen molar-refractivity contribution in [1.82, 2.24) is 14.2 Å². The summed E-state index contributed by atoms with van der Waals surface area (Å²) in [5, 5.41) is 0.436. The summed E-state index contributed by atoms with van der Waals surface area (Å²) in [5.41, 5.74) is 0.772. The van der Waals surface area contributed by atoms with Gasteiger partial charge in [0.15, 0.2) is 0 Å². The van der Waals surface area contributed by atoms with Crippen molar-refractivity contribution in [1.29, 1.82) is 0 Å². The molecule has 0 N–H and O–H groups in total. The van der Waals surface area contributed by atoms with Gasteiger partial charge in [-0.05, 0) is 42.8 Å². The number of thiazole rings is 1. The van der Waals surface area contributed by atoms with Crippen LogP contribution in [0.25, 0.3) is 10.2 Å². The molecule has 1 aliphatic rings. The molecule has 1 aromatic heterocycles. The molecule has 4 rings (SSSR count). The minimum atomic E-state index is -3.56. The van der Waals surface area contributed by atoms with Gasteiger partial charge in [-0.3, -0.25) is 4.79 Å². The van der Waals surface area contributed by atoms with Gasteiger partial charge in [-0.1, -0.05) is 30.7 Å². The highest BCUT2D eigenvalue weighted by molar-refractivity contribution is 7.89. The largest absolute Gasteiger partial charge is 0.467 e. The molecule has 34 heavy (non-hydrogen) atoms. The van der Waals surface area contributed by atoms with E-state index in [-0.39, 0.29) is 22.7 Å². The smallest absolute Gasteiger partial charge is 0.274 e. The number of aromatic nitrogens is 1. The Morgan fingerprint density at radius 1 is 1.21 bits per heavy atom. The second-order valence-electron chi connectivity index (χ2n) is 8.38. The average Bonchev–Trinajstić information content (AvgIpc) is 3.26. The predicted molar refractivity (Wildman–Crippen MR) is 130 cm³/mol. The molecule has 10 heteroatoms. The van der Waals surface area contributed by atoms with Gasteiger partial charge in [0.2, 0.25) is 10.0 Å². The molecule has 2 aromatic carbocycles. The number of likely N-dealkylation sites (tertiary alicyclic amines) is 1. The molecular weight excluding hydrogens is 477 g/mol. The van der Waals surface area contributed by atoms with E-state index in [0.29, 0.717) is 48.7 Å². The van der Waals surface area contributed by atoms with Gasteiger partial charge < -0.3 is 9.64 Å². The van der Waals surface area contributed by atoms with Crippen LogP contribution in [0.5, 0.6) is 5.19 Å². The SMILES string of the molecule is CCCCN(C)S(=O)(=O)c1ccc(C(=O)N2CCC(Oc3nc4c(F)cccc4s3)CC2)cc1. The molecule has 1 saturated heterocycles. The second-order valence-corrected chi connectivity index (χ2v) is 11.4. The van der Waals surface area contributed by atoms with Gasteiger partial charge in [0.05, 0.1) is 9.60 Å². The number of halogens is 1. The highest BCUT2D eigenvalue weighted by Crippen LogP contribution is 2.31. The Bertz CT molecular complexity index is 1250. The van der Waals surface area contributed by atoms with Crippen molar-refractivity contribution in [2.45, 2.75) is 43.6 Å². The highest BCUT2D eigenvalue weighted by atomic mass is 32.2. The van der Waals surface area contributed by atoms with Crippen LogP contribution in [0.15, 0.2) is 47.4 Å². The van der Waals surface area contributed by atoms with Gasteiger partial charge in [-0.2, -0.15) is 4.98 Å².